The second-order valence-corrected chi connectivity index (χ2v) is 9.42. The Labute approximate surface area is 186 Å². The quantitative estimate of drug-likeness (QED) is 0.727. The zero-order valence-electron chi connectivity index (χ0n) is 18.8. The Morgan fingerprint density at radius 2 is 1.71 bits per heavy atom. The predicted octanol–water partition coefficient (Wildman–Crippen LogP) is 2.01. The van der Waals surface area contributed by atoms with Crippen LogP contribution in [0.5, 0.6) is 0 Å². The number of benzene rings is 1. The molecule has 2 heterocycles. The average Bonchev–Trinajstić information content (AvgIpc) is 3.27. The highest BCUT2D eigenvalue weighted by molar-refractivity contribution is 6.04. The maximum atomic E-state index is 12.7. The number of hydrogen-bond donors (Lipinski definition) is 2. The molecule has 7 nitrogen and oxygen atoms in total. The third-order valence-electron chi connectivity index (χ3n) is 7.03. The molecular weight excluding hydrogens is 390 g/mol. The van der Waals surface area contributed by atoms with Crippen molar-refractivity contribution in [2.75, 3.05) is 58.2 Å². The fourth-order valence-corrected chi connectivity index (χ4v) is 5.24. The summed E-state index contributed by atoms with van der Waals surface area (Å²) in [5.74, 6) is -0.138. The summed E-state index contributed by atoms with van der Waals surface area (Å²) in [5.41, 5.74) is 1.15. The number of likely N-dealkylation sites (N-methyl/N-ethyl adjacent to an activating group) is 1. The van der Waals surface area contributed by atoms with Crippen molar-refractivity contribution >= 4 is 17.5 Å². The summed E-state index contributed by atoms with van der Waals surface area (Å²) < 4.78 is 0. The van der Waals surface area contributed by atoms with Gasteiger partial charge in [-0.05, 0) is 51.4 Å². The smallest absolute Gasteiger partial charge is 0.253 e. The predicted molar refractivity (Wildman–Crippen MR) is 123 cm³/mol. The van der Waals surface area contributed by atoms with Crippen LogP contribution in [0, 0.1) is 0 Å². The number of nitrogens with one attached hydrogen (secondary N) is 2. The van der Waals surface area contributed by atoms with Gasteiger partial charge in [0.2, 0.25) is 5.91 Å². The number of piperazine rings is 1. The van der Waals surface area contributed by atoms with Gasteiger partial charge in [-0.3, -0.25) is 19.4 Å². The van der Waals surface area contributed by atoms with Crippen LogP contribution in [0.25, 0.3) is 0 Å². The van der Waals surface area contributed by atoms with Gasteiger partial charge in [-0.15, -0.1) is 0 Å². The minimum Gasteiger partial charge on any atom is -0.349 e. The molecule has 1 aromatic rings. The maximum absolute atomic E-state index is 12.7. The van der Waals surface area contributed by atoms with Crippen LogP contribution in [0.1, 0.15) is 48.9 Å². The highest BCUT2D eigenvalue weighted by Gasteiger charge is 2.27. The minimum atomic E-state index is -0.0890. The standard InChI is InChI=1S/C24H37N5O2/c1-27-12-6-9-20(17-27)29-15-13-28(14-16-29)18-23(30)26-22-11-5-4-10-21(22)24(31)25-19-7-2-3-8-19/h4-5,10-11,19-20H,2-3,6-9,12-18H2,1H3,(H,25,31)(H,26,30). The second-order valence-electron chi connectivity index (χ2n) is 9.42. The molecule has 170 valence electrons. The number of hydrogen-bond acceptors (Lipinski definition) is 5. The molecule has 1 atom stereocenters. The zero-order valence-corrected chi connectivity index (χ0v) is 18.8. The fourth-order valence-electron chi connectivity index (χ4n) is 5.24. The number of nitrogens with zero attached hydrogens (tertiary/aromatic N) is 3. The molecule has 1 saturated carbocycles. The van der Waals surface area contributed by atoms with Gasteiger partial charge in [0.05, 0.1) is 17.8 Å². The van der Waals surface area contributed by atoms with E-state index in [0.717, 1.165) is 45.6 Å². The van der Waals surface area contributed by atoms with Crippen molar-refractivity contribution in [1.82, 2.24) is 20.0 Å². The molecule has 0 radical (unpaired) electrons. The summed E-state index contributed by atoms with van der Waals surface area (Å²) >= 11 is 0. The monoisotopic (exact) mass is 427 g/mol. The van der Waals surface area contributed by atoms with E-state index in [9.17, 15) is 9.59 Å². The molecule has 2 aliphatic heterocycles. The molecule has 3 aliphatic rings. The molecule has 4 rings (SSSR count). The van der Waals surface area contributed by atoms with E-state index in [1.807, 2.05) is 18.2 Å². The molecule has 2 saturated heterocycles. The van der Waals surface area contributed by atoms with Gasteiger partial charge in [0.25, 0.3) is 5.91 Å². The number of rotatable bonds is 6. The average molecular weight is 428 g/mol. The Morgan fingerprint density at radius 1 is 0.968 bits per heavy atom. The number of carbonyl (C=O) groups excluding carboxylic acids is 2. The van der Waals surface area contributed by atoms with E-state index in [1.165, 1.54) is 32.2 Å². The molecule has 3 fully saturated rings. The van der Waals surface area contributed by atoms with Gasteiger partial charge >= 0.3 is 0 Å². The molecule has 0 spiro atoms. The van der Waals surface area contributed by atoms with E-state index in [1.54, 1.807) is 6.07 Å². The lowest BCUT2D eigenvalue weighted by atomic mass is 10.0. The van der Waals surface area contributed by atoms with Crippen molar-refractivity contribution in [2.24, 2.45) is 0 Å². The van der Waals surface area contributed by atoms with Gasteiger partial charge in [0.1, 0.15) is 0 Å². The van der Waals surface area contributed by atoms with Gasteiger partial charge in [0.15, 0.2) is 0 Å². The van der Waals surface area contributed by atoms with Crippen LogP contribution in [0.2, 0.25) is 0 Å². The first-order valence-corrected chi connectivity index (χ1v) is 11.9. The summed E-state index contributed by atoms with van der Waals surface area (Å²) in [4.78, 5) is 32.7. The van der Waals surface area contributed by atoms with Crippen molar-refractivity contribution in [3.05, 3.63) is 29.8 Å². The Bertz CT molecular complexity index is 756. The maximum Gasteiger partial charge on any atom is 0.253 e. The largest absolute Gasteiger partial charge is 0.349 e. The highest BCUT2D eigenvalue weighted by atomic mass is 16.2. The second kappa shape index (κ2) is 10.6. The number of amides is 2. The van der Waals surface area contributed by atoms with E-state index in [-0.39, 0.29) is 17.9 Å². The first-order valence-electron chi connectivity index (χ1n) is 11.9. The van der Waals surface area contributed by atoms with Gasteiger partial charge in [-0.25, -0.2) is 0 Å². The molecule has 1 aliphatic carbocycles. The van der Waals surface area contributed by atoms with E-state index in [4.69, 9.17) is 0 Å². The van der Waals surface area contributed by atoms with E-state index >= 15 is 0 Å². The third-order valence-corrected chi connectivity index (χ3v) is 7.03. The summed E-state index contributed by atoms with van der Waals surface area (Å²) in [7, 11) is 2.21. The fraction of sp³-hybridized carbons (Fsp3) is 0.667. The summed E-state index contributed by atoms with van der Waals surface area (Å²) in [5, 5.41) is 6.10. The lowest BCUT2D eigenvalue weighted by molar-refractivity contribution is -0.117. The van der Waals surface area contributed by atoms with Gasteiger partial charge < -0.3 is 15.5 Å². The highest BCUT2D eigenvalue weighted by Crippen LogP contribution is 2.21. The Kier molecular flexibility index (Phi) is 7.58. The molecule has 2 N–H and O–H groups in total. The van der Waals surface area contributed by atoms with Crippen molar-refractivity contribution in [2.45, 2.75) is 50.6 Å². The van der Waals surface area contributed by atoms with Crippen molar-refractivity contribution in [3.8, 4) is 0 Å². The Balaban J connectivity index is 1.26. The Hall–Kier alpha value is -1.96. The summed E-state index contributed by atoms with van der Waals surface area (Å²) in [6.45, 7) is 6.60. The van der Waals surface area contributed by atoms with Crippen molar-refractivity contribution in [1.29, 1.82) is 0 Å². The van der Waals surface area contributed by atoms with Gasteiger partial charge in [0, 0.05) is 44.8 Å². The van der Waals surface area contributed by atoms with Crippen LogP contribution in [-0.4, -0.2) is 91.5 Å². The van der Waals surface area contributed by atoms with E-state index in [2.05, 4.69) is 32.4 Å². The number of carbonyl (C=O) groups is 2. The molecule has 7 heteroatoms. The molecular formula is C24H37N5O2. The number of anilines is 1. The van der Waals surface area contributed by atoms with Crippen LogP contribution in [0.15, 0.2) is 24.3 Å². The van der Waals surface area contributed by atoms with Crippen molar-refractivity contribution in [3.63, 3.8) is 0 Å². The molecule has 31 heavy (non-hydrogen) atoms. The number of para-hydroxylation sites is 1. The van der Waals surface area contributed by atoms with E-state index in [0.29, 0.717) is 23.8 Å². The Morgan fingerprint density at radius 3 is 2.45 bits per heavy atom. The number of piperidine rings is 1. The summed E-state index contributed by atoms with van der Waals surface area (Å²) in [6.07, 6.45) is 7.00. The lowest BCUT2D eigenvalue weighted by Crippen LogP contribution is -2.55. The molecule has 1 unspecified atom stereocenters. The van der Waals surface area contributed by atoms with Gasteiger partial charge in [-0.2, -0.15) is 0 Å². The normalized spacial score (nSPS) is 24.2. The first-order chi connectivity index (χ1) is 15.1. The van der Waals surface area contributed by atoms with Crippen LogP contribution in [0.4, 0.5) is 5.69 Å². The van der Waals surface area contributed by atoms with Crippen LogP contribution in [-0.2, 0) is 4.79 Å². The van der Waals surface area contributed by atoms with Crippen molar-refractivity contribution < 1.29 is 9.59 Å². The van der Waals surface area contributed by atoms with Crippen LogP contribution < -0.4 is 10.6 Å². The summed E-state index contributed by atoms with van der Waals surface area (Å²) in [6, 6.07) is 8.23. The lowest BCUT2D eigenvalue weighted by Gasteiger charge is -2.42. The minimum absolute atomic E-state index is 0.0491. The molecule has 0 aromatic heterocycles. The first kappa shape index (κ1) is 22.2. The topological polar surface area (TPSA) is 67.9 Å². The third kappa shape index (κ3) is 6.05. The molecule has 2 amide bonds. The van der Waals surface area contributed by atoms with Crippen LogP contribution >= 0.6 is 0 Å². The zero-order chi connectivity index (χ0) is 21.6. The van der Waals surface area contributed by atoms with E-state index < -0.39 is 0 Å². The number of likely N-dealkylation sites (tertiary alicyclic amines) is 1. The molecule has 1 aromatic carbocycles. The SMILES string of the molecule is CN1CCCC(N2CCN(CC(=O)Nc3ccccc3C(=O)NC3CCCC3)CC2)C1. The van der Waals surface area contributed by atoms with Crippen LogP contribution in [0.3, 0.4) is 0 Å². The van der Waals surface area contributed by atoms with Gasteiger partial charge in [-0.1, -0.05) is 25.0 Å². The molecule has 0 bridgehead atoms.